The second kappa shape index (κ2) is 9.62. The van der Waals surface area contributed by atoms with Crippen LogP contribution in [0.4, 0.5) is 13.2 Å². The van der Waals surface area contributed by atoms with Crippen molar-refractivity contribution in [1.82, 2.24) is 29.9 Å². The first-order valence-corrected chi connectivity index (χ1v) is 11.6. The predicted molar refractivity (Wildman–Crippen MR) is 119 cm³/mol. The fraction of sp³-hybridized carbons (Fsp3) is 0.619. The molecule has 1 atom stereocenters. The molecule has 2 N–H and O–H groups in total. The fourth-order valence-electron chi connectivity index (χ4n) is 4.13. The number of hydrogen-bond donors (Lipinski definition) is 2. The van der Waals surface area contributed by atoms with E-state index < -0.39 is 12.1 Å². The number of carbonyl (C=O) groups excluding carboxylic acids is 1. The topological polar surface area (TPSA) is 104 Å². The molecule has 4 heterocycles. The number of carbonyl (C=O) groups is 2. The molecule has 1 fully saturated rings. The van der Waals surface area contributed by atoms with Crippen LogP contribution in [0.15, 0.2) is 16.8 Å². The first-order valence-electron chi connectivity index (χ1n) is 10.7. The van der Waals surface area contributed by atoms with Gasteiger partial charge in [-0.3, -0.25) is 14.6 Å². The summed E-state index contributed by atoms with van der Waals surface area (Å²) >= 11 is 1.75. The van der Waals surface area contributed by atoms with Crippen LogP contribution in [0, 0.1) is 0 Å². The number of nitrogens with zero attached hydrogens (tertiary/aromatic N) is 5. The SMILES string of the molecule is CN1Cc2nnc(C(=O)NC(C)(C)C)n2CC12CCN(Cc1ccsc1)C2.O=C(O)C(F)(F)F. The lowest BCUT2D eigenvalue weighted by Gasteiger charge is -2.43. The molecule has 0 aliphatic carbocycles. The lowest BCUT2D eigenvalue weighted by atomic mass is 9.94. The molecule has 0 bridgehead atoms. The van der Waals surface area contributed by atoms with E-state index in [1.165, 1.54) is 5.56 Å². The number of likely N-dealkylation sites (tertiary alicyclic amines) is 1. The van der Waals surface area contributed by atoms with Crippen LogP contribution in [0.3, 0.4) is 0 Å². The fourth-order valence-corrected chi connectivity index (χ4v) is 4.79. The van der Waals surface area contributed by atoms with Crippen molar-refractivity contribution in [2.75, 3.05) is 20.1 Å². The molecule has 1 spiro atoms. The van der Waals surface area contributed by atoms with Gasteiger partial charge < -0.3 is 15.0 Å². The number of fused-ring (bicyclic) bond motifs is 1. The van der Waals surface area contributed by atoms with Gasteiger partial charge in [0.25, 0.3) is 5.91 Å². The van der Waals surface area contributed by atoms with Crippen LogP contribution in [0.5, 0.6) is 0 Å². The number of carboxylic acid groups (broad SMARTS) is 1. The monoisotopic (exact) mass is 502 g/mol. The number of halogens is 3. The van der Waals surface area contributed by atoms with E-state index in [1.807, 2.05) is 25.3 Å². The normalized spacial score (nSPS) is 21.1. The summed E-state index contributed by atoms with van der Waals surface area (Å²) in [5, 5.41) is 23.0. The molecule has 34 heavy (non-hydrogen) atoms. The number of carboxylic acids is 1. The van der Waals surface area contributed by atoms with Gasteiger partial charge in [0.05, 0.1) is 12.1 Å². The molecule has 9 nitrogen and oxygen atoms in total. The largest absolute Gasteiger partial charge is 0.490 e. The van der Waals surface area contributed by atoms with Gasteiger partial charge in [-0.2, -0.15) is 24.5 Å². The summed E-state index contributed by atoms with van der Waals surface area (Å²) in [6.07, 6.45) is -3.99. The standard InChI is InChI=1S/C19H28N6OS.C2HF3O2/c1-18(2,3)20-17(26)16-22-21-15-10-23(4)19(13-25(15)16)6-7-24(12-19)9-14-5-8-27-11-14;3-2(4,5)1(6)7/h5,8,11H,6-7,9-10,12-13H2,1-4H3,(H,20,26);(H,6,7). The summed E-state index contributed by atoms with van der Waals surface area (Å²) in [6, 6.07) is 2.20. The van der Waals surface area contributed by atoms with Crippen LogP contribution in [-0.4, -0.2) is 78.9 Å². The van der Waals surface area contributed by atoms with Gasteiger partial charge in [0.1, 0.15) is 5.82 Å². The van der Waals surface area contributed by atoms with E-state index in [4.69, 9.17) is 9.90 Å². The van der Waals surface area contributed by atoms with Gasteiger partial charge in [-0.25, -0.2) is 4.79 Å². The number of alkyl halides is 3. The number of aliphatic carboxylic acids is 1. The van der Waals surface area contributed by atoms with Crippen molar-refractivity contribution in [3.63, 3.8) is 0 Å². The molecule has 0 aromatic carbocycles. The summed E-state index contributed by atoms with van der Waals surface area (Å²) in [5.41, 5.74) is 1.12. The summed E-state index contributed by atoms with van der Waals surface area (Å²) in [6.45, 7) is 10.5. The Bertz CT molecular complexity index is 1020. The van der Waals surface area contributed by atoms with Crippen LogP contribution in [0.2, 0.25) is 0 Å². The van der Waals surface area contributed by atoms with E-state index in [0.717, 1.165) is 45.0 Å². The van der Waals surface area contributed by atoms with E-state index in [9.17, 15) is 18.0 Å². The smallest absolute Gasteiger partial charge is 0.475 e. The molecule has 1 unspecified atom stereocenters. The quantitative estimate of drug-likeness (QED) is 0.665. The summed E-state index contributed by atoms with van der Waals surface area (Å²) < 4.78 is 33.8. The number of thiophene rings is 1. The summed E-state index contributed by atoms with van der Waals surface area (Å²) in [5.74, 6) is -1.59. The second-order valence-corrected chi connectivity index (χ2v) is 10.5. The second-order valence-electron chi connectivity index (χ2n) is 9.71. The van der Waals surface area contributed by atoms with Crippen LogP contribution in [-0.2, 0) is 24.4 Å². The van der Waals surface area contributed by atoms with Crippen molar-refractivity contribution in [1.29, 1.82) is 0 Å². The highest BCUT2D eigenvalue weighted by molar-refractivity contribution is 7.07. The highest BCUT2D eigenvalue weighted by Crippen LogP contribution is 2.34. The third-order valence-electron chi connectivity index (χ3n) is 5.80. The molecule has 2 aliphatic rings. The highest BCUT2D eigenvalue weighted by atomic mass is 32.1. The number of hydrogen-bond acceptors (Lipinski definition) is 7. The number of likely N-dealkylation sites (N-methyl/N-ethyl adjacent to an activating group) is 1. The molecular formula is C21H29F3N6O3S. The summed E-state index contributed by atoms with van der Waals surface area (Å²) in [7, 11) is 2.17. The van der Waals surface area contributed by atoms with Gasteiger partial charge in [-0.1, -0.05) is 0 Å². The molecular weight excluding hydrogens is 473 g/mol. The van der Waals surface area contributed by atoms with E-state index >= 15 is 0 Å². The minimum atomic E-state index is -5.08. The van der Waals surface area contributed by atoms with Gasteiger partial charge in [0.2, 0.25) is 5.82 Å². The predicted octanol–water partition coefficient (Wildman–Crippen LogP) is 2.59. The third kappa shape index (κ3) is 6.13. The molecule has 0 saturated carbocycles. The highest BCUT2D eigenvalue weighted by Gasteiger charge is 2.46. The number of rotatable bonds is 3. The Balaban J connectivity index is 0.000000406. The number of nitrogens with one attached hydrogen (secondary N) is 1. The van der Waals surface area contributed by atoms with Crippen molar-refractivity contribution in [2.45, 2.75) is 64.1 Å². The van der Waals surface area contributed by atoms with Crippen molar-refractivity contribution < 1.29 is 27.9 Å². The Morgan fingerprint density at radius 2 is 1.91 bits per heavy atom. The molecule has 0 radical (unpaired) electrons. The summed E-state index contributed by atoms with van der Waals surface area (Å²) in [4.78, 5) is 26.5. The number of aromatic nitrogens is 3. The van der Waals surface area contributed by atoms with E-state index in [2.05, 4.69) is 49.2 Å². The van der Waals surface area contributed by atoms with E-state index in [-0.39, 0.29) is 17.0 Å². The van der Waals surface area contributed by atoms with Crippen LogP contribution in [0.25, 0.3) is 0 Å². The van der Waals surface area contributed by atoms with E-state index in [0.29, 0.717) is 5.82 Å². The van der Waals surface area contributed by atoms with E-state index in [1.54, 1.807) is 11.3 Å². The molecule has 1 saturated heterocycles. The zero-order chi connectivity index (χ0) is 25.3. The van der Waals surface area contributed by atoms with Gasteiger partial charge in [-0.15, -0.1) is 10.2 Å². The molecule has 2 aromatic heterocycles. The average molecular weight is 503 g/mol. The first kappa shape index (κ1) is 26.1. The molecule has 13 heteroatoms. The maximum absolute atomic E-state index is 12.7. The maximum Gasteiger partial charge on any atom is 0.490 e. The van der Waals surface area contributed by atoms with Crippen LogP contribution in [0.1, 0.15) is 49.2 Å². The van der Waals surface area contributed by atoms with Crippen molar-refractivity contribution in [3.05, 3.63) is 34.0 Å². The minimum absolute atomic E-state index is 0.0299. The molecule has 2 aromatic rings. The zero-order valence-corrected chi connectivity index (χ0v) is 20.3. The Kier molecular flexibility index (Phi) is 7.39. The molecule has 2 aliphatic heterocycles. The third-order valence-corrected chi connectivity index (χ3v) is 6.53. The Labute approximate surface area is 199 Å². The van der Waals surface area contributed by atoms with Crippen molar-refractivity contribution >= 4 is 23.2 Å². The van der Waals surface area contributed by atoms with Crippen molar-refractivity contribution in [2.24, 2.45) is 0 Å². The molecule has 1 amide bonds. The Hall–Kier alpha value is -2.51. The zero-order valence-electron chi connectivity index (χ0n) is 19.5. The van der Waals surface area contributed by atoms with Crippen molar-refractivity contribution in [3.8, 4) is 0 Å². The lowest BCUT2D eigenvalue weighted by Crippen LogP contribution is -2.55. The van der Waals surface area contributed by atoms with Gasteiger partial charge in [0.15, 0.2) is 0 Å². The Morgan fingerprint density at radius 1 is 1.24 bits per heavy atom. The van der Waals surface area contributed by atoms with Crippen LogP contribution < -0.4 is 5.32 Å². The number of amides is 1. The minimum Gasteiger partial charge on any atom is -0.475 e. The molecule has 188 valence electrons. The molecule has 4 rings (SSSR count). The van der Waals surface area contributed by atoms with Gasteiger partial charge >= 0.3 is 12.1 Å². The van der Waals surface area contributed by atoms with Gasteiger partial charge in [0, 0.05) is 31.7 Å². The Morgan fingerprint density at radius 3 is 2.47 bits per heavy atom. The lowest BCUT2D eigenvalue weighted by molar-refractivity contribution is -0.192. The van der Waals surface area contributed by atoms with Crippen LogP contribution >= 0.6 is 11.3 Å². The maximum atomic E-state index is 12.7. The first-order chi connectivity index (χ1) is 15.7. The van der Waals surface area contributed by atoms with Gasteiger partial charge in [-0.05, 0) is 56.6 Å². The average Bonchev–Trinajstić information content (AvgIpc) is 3.43.